The van der Waals surface area contributed by atoms with Crippen LogP contribution in [0.2, 0.25) is 0 Å². The smallest absolute Gasteiger partial charge is 0.0599 e. The molecule has 1 fully saturated rings. The molecule has 0 bridgehead atoms. The molecule has 1 atom stereocenters. The number of piperidine rings is 1. The van der Waals surface area contributed by atoms with Crippen molar-refractivity contribution < 1.29 is 0 Å². The lowest BCUT2D eigenvalue weighted by Gasteiger charge is -2.41. The summed E-state index contributed by atoms with van der Waals surface area (Å²) in [4.78, 5) is 2.39. The van der Waals surface area contributed by atoms with Crippen LogP contribution >= 0.6 is 0 Å². The summed E-state index contributed by atoms with van der Waals surface area (Å²) >= 11 is 0. The second-order valence-electron chi connectivity index (χ2n) is 5.54. The van der Waals surface area contributed by atoms with Crippen molar-refractivity contribution in [3.8, 4) is 12.3 Å². The van der Waals surface area contributed by atoms with Crippen LogP contribution < -0.4 is 5.32 Å². The molecule has 0 aromatic rings. The molecule has 0 aliphatic carbocycles. The van der Waals surface area contributed by atoms with Crippen molar-refractivity contribution in [1.29, 1.82) is 0 Å². The van der Waals surface area contributed by atoms with E-state index in [1.54, 1.807) is 0 Å². The fourth-order valence-electron chi connectivity index (χ4n) is 2.52. The van der Waals surface area contributed by atoms with Crippen molar-refractivity contribution in [1.82, 2.24) is 10.2 Å². The minimum atomic E-state index is 0.402. The maximum Gasteiger partial charge on any atom is 0.0599 e. The van der Waals surface area contributed by atoms with Crippen molar-refractivity contribution in [2.24, 2.45) is 5.41 Å². The van der Waals surface area contributed by atoms with Crippen LogP contribution in [0.15, 0.2) is 0 Å². The molecule has 1 N–H and O–H groups in total. The third-order valence-electron chi connectivity index (χ3n) is 3.63. The molecule has 0 saturated carbocycles. The van der Waals surface area contributed by atoms with E-state index in [-0.39, 0.29) is 0 Å². The Kier molecular flexibility index (Phi) is 5.31. The van der Waals surface area contributed by atoms with Crippen LogP contribution in [0.3, 0.4) is 0 Å². The van der Waals surface area contributed by atoms with Gasteiger partial charge in [0.25, 0.3) is 0 Å². The second-order valence-corrected chi connectivity index (χ2v) is 5.54. The van der Waals surface area contributed by atoms with Crippen LogP contribution in [-0.2, 0) is 0 Å². The molecule has 2 heteroatoms. The maximum atomic E-state index is 5.42. The second kappa shape index (κ2) is 6.27. The Morgan fingerprint density at radius 2 is 2.25 bits per heavy atom. The first-order chi connectivity index (χ1) is 7.60. The Balaban J connectivity index is 2.51. The highest BCUT2D eigenvalue weighted by atomic mass is 15.1. The van der Waals surface area contributed by atoms with E-state index >= 15 is 0 Å². The summed E-state index contributed by atoms with van der Waals surface area (Å²) in [6.45, 7) is 11.1. The van der Waals surface area contributed by atoms with E-state index in [9.17, 15) is 0 Å². The minimum absolute atomic E-state index is 0.402. The normalized spacial score (nSPS) is 24.3. The highest BCUT2D eigenvalue weighted by molar-refractivity contribution is 4.93. The van der Waals surface area contributed by atoms with E-state index in [4.69, 9.17) is 6.42 Å². The van der Waals surface area contributed by atoms with Gasteiger partial charge in [0.15, 0.2) is 0 Å². The first kappa shape index (κ1) is 13.5. The molecule has 16 heavy (non-hydrogen) atoms. The molecule has 1 rings (SSSR count). The number of nitrogens with one attached hydrogen (secondary N) is 1. The van der Waals surface area contributed by atoms with Gasteiger partial charge >= 0.3 is 0 Å². The Hall–Kier alpha value is -0.520. The summed E-state index contributed by atoms with van der Waals surface area (Å²) in [7, 11) is 0. The predicted octanol–water partition coefficient (Wildman–Crippen LogP) is 2.11. The lowest BCUT2D eigenvalue weighted by molar-refractivity contribution is 0.133. The molecule has 1 unspecified atom stereocenters. The molecular formula is C14H26N2. The zero-order valence-corrected chi connectivity index (χ0v) is 11.1. The van der Waals surface area contributed by atoms with Crippen LogP contribution in [0.5, 0.6) is 0 Å². The van der Waals surface area contributed by atoms with Crippen molar-refractivity contribution in [2.75, 3.05) is 26.2 Å². The number of hydrogen-bond donors (Lipinski definition) is 1. The molecule has 1 aliphatic rings. The van der Waals surface area contributed by atoms with E-state index in [2.05, 4.69) is 36.9 Å². The van der Waals surface area contributed by atoms with Gasteiger partial charge in [0.05, 0.1) is 6.54 Å². The Labute approximate surface area is 101 Å². The first-order valence-electron chi connectivity index (χ1n) is 6.49. The van der Waals surface area contributed by atoms with E-state index in [0.29, 0.717) is 11.5 Å². The standard InChI is InChI=1S/C14H26N2/c1-5-10-16(11-6-2)12-13-14(3,4)8-7-9-15-13/h1,13,15H,6-12H2,2-4H3. The quantitative estimate of drug-likeness (QED) is 0.717. The van der Waals surface area contributed by atoms with Gasteiger partial charge in [0, 0.05) is 12.6 Å². The summed E-state index contributed by atoms with van der Waals surface area (Å²) < 4.78 is 0. The van der Waals surface area contributed by atoms with Crippen molar-refractivity contribution in [2.45, 2.75) is 46.1 Å². The maximum absolute atomic E-state index is 5.42. The monoisotopic (exact) mass is 222 g/mol. The molecular weight excluding hydrogens is 196 g/mol. The number of nitrogens with zero attached hydrogens (tertiary/aromatic N) is 1. The van der Waals surface area contributed by atoms with E-state index in [1.807, 2.05) is 0 Å². The zero-order valence-electron chi connectivity index (χ0n) is 11.1. The molecule has 92 valence electrons. The number of terminal acetylenes is 1. The average Bonchev–Trinajstić information content (AvgIpc) is 2.22. The highest BCUT2D eigenvalue weighted by Crippen LogP contribution is 2.30. The van der Waals surface area contributed by atoms with Gasteiger partial charge in [-0.3, -0.25) is 4.90 Å². The predicted molar refractivity (Wildman–Crippen MR) is 70.4 cm³/mol. The van der Waals surface area contributed by atoms with Crippen LogP contribution in [0.1, 0.15) is 40.0 Å². The van der Waals surface area contributed by atoms with Gasteiger partial charge in [-0.25, -0.2) is 0 Å². The molecule has 0 amide bonds. The van der Waals surface area contributed by atoms with Crippen molar-refractivity contribution in [3.05, 3.63) is 0 Å². The summed E-state index contributed by atoms with van der Waals surface area (Å²) in [6.07, 6.45) is 9.21. The van der Waals surface area contributed by atoms with Gasteiger partial charge in [-0.05, 0) is 37.8 Å². The average molecular weight is 222 g/mol. The largest absolute Gasteiger partial charge is 0.312 e. The third-order valence-corrected chi connectivity index (χ3v) is 3.63. The van der Waals surface area contributed by atoms with Gasteiger partial charge in [-0.2, -0.15) is 0 Å². The van der Waals surface area contributed by atoms with Gasteiger partial charge < -0.3 is 5.32 Å². The van der Waals surface area contributed by atoms with Gasteiger partial charge in [0.1, 0.15) is 0 Å². The lowest BCUT2D eigenvalue weighted by Crippen LogP contribution is -2.53. The van der Waals surface area contributed by atoms with Crippen LogP contribution in [0.25, 0.3) is 0 Å². The molecule has 1 saturated heterocycles. The number of rotatable bonds is 5. The van der Waals surface area contributed by atoms with Crippen molar-refractivity contribution in [3.63, 3.8) is 0 Å². The molecule has 1 aliphatic heterocycles. The zero-order chi connectivity index (χ0) is 12.0. The fraction of sp³-hybridized carbons (Fsp3) is 0.857. The number of hydrogen-bond acceptors (Lipinski definition) is 2. The van der Waals surface area contributed by atoms with Gasteiger partial charge in [-0.15, -0.1) is 6.42 Å². The van der Waals surface area contributed by atoms with Gasteiger partial charge in [0.2, 0.25) is 0 Å². The van der Waals surface area contributed by atoms with Crippen LogP contribution in [-0.4, -0.2) is 37.1 Å². The van der Waals surface area contributed by atoms with Crippen LogP contribution in [0.4, 0.5) is 0 Å². The highest BCUT2D eigenvalue weighted by Gasteiger charge is 2.32. The fourth-order valence-corrected chi connectivity index (χ4v) is 2.52. The summed E-state index contributed by atoms with van der Waals surface area (Å²) in [5, 5.41) is 3.65. The molecule has 0 spiro atoms. The Bertz CT molecular complexity index is 240. The molecule has 0 radical (unpaired) electrons. The van der Waals surface area contributed by atoms with Crippen LogP contribution in [0, 0.1) is 17.8 Å². The third kappa shape index (κ3) is 3.81. The topological polar surface area (TPSA) is 15.3 Å². The SMILES string of the molecule is C#CCN(CCC)CC1NCCCC1(C)C. The first-order valence-corrected chi connectivity index (χ1v) is 6.49. The van der Waals surface area contributed by atoms with Gasteiger partial charge in [-0.1, -0.05) is 26.7 Å². The Morgan fingerprint density at radius 3 is 2.81 bits per heavy atom. The van der Waals surface area contributed by atoms with E-state index in [1.165, 1.54) is 19.3 Å². The summed E-state index contributed by atoms with van der Waals surface area (Å²) in [5.74, 6) is 2.77. The molecule has 0 aromatic heterocycles. The molecule has 2 nitrogen and oxygen atoms in total. The van der Waals surface area contributed by atoms with E-state index in [0.717, 1.165) is 26.2 Å². The van der Waals surface area contributed by atoms with Crippen molar-refractivity contribution >= 4 is 0 Å². The lowest BCUT2D eigenvalue weighted by atomic mass is 9.77. The summed E-state index contributed by atoms with van der Waals surface area (Å²) in [5.41, 5.74) is 0.402. The van der Waals surface area contributed by atoms with E-state index < -0.39 is 0 Å². The summed E-state index contributed by atoms with van der Waals surface area (Å²) in [6, 6.07) is 0.584. The Morgan fingerprint density at radius 1 is 1.50 bits per heavy atom. The minimum Gasteiger partial charge on any atom is -0.312 e. The molecule has 0 aromatic carbocycles. The molecule has 1 heterocycles.